The minimum Gasteiger partial charge on any atom is -0.322 e. The van der Waals surface area contributed by atoms with Crippen LogP contribution in [0.5, 0.6) is 0 Å². The van der Waals surface area contributed by atoms with Crippen LogP contribution < -0.4 is 16.0 Å². The lowest BCUT2D eigenvalue weighted by molar-refractivity contribution is -0.136. The molecule has 0 aliphatic carbocycles. The molecule has 1 aromatic rings. The molecule has 4 rings (SSSR count). The number of amides is 3. The molecule has 31 heavy (non-hydrogen) atoms. The number of carbonyl (C=O) groups is 3. The van der Waals surface area contributed by atoms with E-state index in [1.807, 2.05) is 18.2 Å². The summed E-state index contributed by atoms with van der Waals surface area (Å²) in [6.45, 7) is 7.76. The molecule has 0 bridgehead atoms. The lowest BCUT2D eigenvalue weighted by Crippen LogP contribution is -2.52. The highest BCUT2D eigenvalue weighted by Gasteiger charge is 2.40. The molecule has 0 saturated carbocycles. The molecule has 168 valence electrons. The second-order valence-corrected chi connectivity index (χ2v) is 9.82. The van der Waals surface area contributed by atoms with Crippen molar-refractivity contribution in [2.45, 2.75) is 77.0 Å². The van der Waals surface area contributed by atoms with Crippen molar-refractivity contribution in [3.05, 3.63) is 34.9 Å². The molecule has 7 heteroatoms. The van der Waals surface area contributed by atoms with Gasteiger partial charge < -0.3 is 15.5 Å². The van der Waals surface area contributed by atoms with E-state index < -0.39 is 6.04 Å². The molecule has 2 fully saturated rings. The summed E-state index contributed by atoms with van der Waals surface area (Å²) in [5.41, 5.74) is 2.64. The quantitative estimate of drug-likeness (QED) is 0.581. The van der Waals surface area contributed by atoms with Crippen molar-refractivity contribution in [2.24, 2.45) is 5.92 Å². The molecule has 1 atom stereocenters. The van der Waals surface area contributed by atoms with Crippen LogP contribution >= 0.6 is 0 Å². The Morgan fingerprint density at radius 3 is 2.65 bits per heavy atom. The van der Waals surface area contributed by atoms with Gasteiger partial charge in [-0.3, -0.25) is 19.7 Å². The molecule has 0 radical (unpaired) electrons. The van der Waals surface area contributed by atoms with E-state index in [4.69, 9.17) is 0 Å². The number of nitrogens with zero attached hydrogens (tertiary/aromatic N) is 1. The molecule has 1 aromatic carbocycles. The lowest BCUT2D eigenvalue weighted by atomic mass is 9.87. The third-order valence-electron chi connectivity index (χ3n) is 7.03. The third kappa shape index (κ3) is 4.99. The van der Waals surface area contributed by atoms with Crippen molar-refractivity contribution >= 4 is 17.7 Å². The summed E-state index contributed by atoms with van der Waals surface area (Å²) >= 11 is 0. The molecule has 3 heterocycles. The second-order valence-electron chi connectivity index (χ2n) is 9.82. The Morgan fingerprint density at radius 2 is 1.90 bits per heavy atom. The summed E-state index contributed by atoms with van der Waals surface area (Å²) in [7, 11) is 0. The van der Waals surface area contributed by atoms with Gasteiger partial charge in [-0.05, 0) is 76.1 Å². The highest BCUT2D eigenvalue weighted by Crippen LogP contribution is 2.30. The van der Waals surface area contributed by atoms with Crippen LogP contribution in [0.15, 0.2) is 18.2 Å². The van der Waals surface area contributed by atoms with E-state index in [9.17, 15) is 14.4 Å². The predicted molar refractivity (Wildman–Crippen MR) is 118 cm³/mol. The SMILES string of the molecule is CC(C)(CCC1CCNCC1)NCc1cccc2c1C(=O)N(C1CCC(=O)NC1=O)C2. The van der Waals surface area contributed by atoms with Gasteiger partial charge in [0.05, 0.1) is 0 Å². The number of benzene rings is 1. The lowest BCUT2D eigenvalue weighted by Gasteiger charge is -2.31. The molecule has 3 amide bonds. The van der Waals surface area contributed by atoms with E-state index in [0.717, 1.165) is 36.6 Å². The topological polar surface area (TPSA) is 90.5 Å². The number of hydrogen-bond donors (Lipinski definition) is 3. The van der Waals surface area contributed by atoms with E-state index in [0.29, 0.717) is 25.1 Å². The number of fused-ring (bicyclic) bond motifs is 1. The van der Waals surface area contributed by atoms with Crippen LogP contribution in [0.2, 0.25) is 0 Å². The van der Waals surface area contributed by atoms with Gasteiger partial charge in [0.25, 0.3) is 5.91 Å². The van der Waals surface area contributed by atoms with Crippen molar-refractivity contribution in [1.29, 1.82) is 0 Å². The number of imide groups is 1. The summed E-state index contributed by atoms with van der Waals surface area (Å²) in [5.74, 6) is 0.0690. The second kappa shape index (κ2) is 9.09. The first-order valence-electron chi connectivity index (χ1n) is 11.6. The Balaban J connectivity index is 1.39. The normalized spacial score (nSPS) is 22.6. The Hall–Kier alpha value is -2.25. The van der Waals surface area contributed by atoms with Crippen LogP contribution in [0, 0.1) is 5.92 Å². The molecule has 1 unspecified atom stereocenters. The maximum atomic E-state index is 13.2. The van der Waals surface area contributed by atoms with Gasteiger partial charge in [0.1, 0.15) is 6.04 Å². The molecule has 0 spiro atoms. The predicted octanol–water partition coefficient (Wildman–Crippen LogP) is 2.10. The van der Waals surface area contributed by atoms with Gasteiger partial charge in [0, 0.05) is 30.6 Å². The molecule has 2 saturated heterocycles. The van der Waals surface area contributed by atoms with Crippen LogP contribution in [0.1, 0.15) is 73.9 Å². The highest BCUT2D eigenvalue weighted by atomic mass is 16.2. The van der Waals surface area contributed by atoms with Crippen LogP contribution in [-0.2, 0) is 22.7 Å². The van der Waals surface area contributed by atoms with Crippen molar-refractivity contribution in [1.82, 2.24) is 20.9 Å². The largest absolute Gasteiger partial charge is 0.322 e. The summed E-state index contributed by atoms with van der Waals surface area (Å²) in [5, 5.41) is 9.46. The summed E-state index contributed by atoms with van der Waals surface area (Å²) in [6, 6.07) is 5.38. The summed E-state index contributed by atoms with van der Waals surface area (Å²) in [6.07, 6.45) is 5.50. The first-order valence-corrected chi connectivity index (χ1v) is 11.6. The molecular weight excluding hydrogens is 392 g/mol. The zero-order valence-electron chi connectivity index (χ0n) is 18.6. The molecule has 3 N–H and O–H groups in total. The molecule has 7 nitrogen and oxygen atoms in total. The number of nitrogens with one attached hydrogen (secondary N) is 3. The summed E-state index contributed by atoms with van der Waals surface area (Å²) in [4.78, 5) is 38.6. The van der Waals surface area contributed by atoms with Crippen LogP contribution in [0.4, 0.5) is 0 Å². The van der Waals surface area contributed by atoms with Gasteiger partial charge in [-0.25, -0.2) is 0 Å². The maximum absolute atomic E-state index is 13.2. The zero-order valence-corrected chi connectivity index (χ0v) is 18.6. The van der Waals surface area contributed by atoms with Gasteiger partial charge >= 0.3 is 0 Å². The minimum atomic E-state index is -0.570. The Labute approximate surface area is 184 Å². The fourth-order valence-electron chi connectivity index (χ4n) is 5.00. The fourth-order valence-corrected chi connectivity index (χ4v) is 5.00. The average Bonchev–Trinajstić information content (AvgIpc) is 3.09. The molecule has 3 aliphatic heterocycles. The van der Waals surface area contributed by atoms with E-state index >= 15 is 0 Å². The number of rotatable bonds is 7. The Bertz CT molecular complexity index is 860. The van der Waals surface area contributed by atoms with Crippen molar-refractivity contribution in [3.63, 3.8) is 0 Å². The van der Waals surface area contributed by atoms with Crippen molar-refractivity contribution in [2.75, 3.05) is 13.1 Å². The van der Waals surface area contributed by atoms with Crippen LogP contribution in [-0.4, -0.2) is 47.3 Å². The van der Waals surface area contributed by atoms with Gasteiger partial charge in [-0.2, -0.15) is 0 Å². The standard InChI is InChI=1S/C24H34N4O3/c1-24(2,11-8-16-9-12-25-13-10-16)26-14-17-4-3-5-18-15-28(23(31)21(17)18)19-6-7-20(29)27-22(19)30/h3-5,16,19,25-26H,6-15H2,1-2H3,(H,27,29,30). The van der Waals surface area contributed by atoms with Gasteiger partial charge in [0.15, 0.2) is 0 Å². The third-order valence-corrected chi connectivity index (χ3v) is 7.03. The average molecular weight is 427 g/mol. The van der Waals surface area contributed by atoms with E-state index in [2.05, 4.69) is 29.8 Å². The van der Waals surface area contributed by atoms with Gasteiger partial charge in [-0.1, -0.05) is 18.2 Å². The van der Waals surface area contributed by atoms with E-state index in [1.165, 1.54) is 19.3 Å². The van der Waals surface area contributed by atoms with Crippen molar-refractivity contribution < 1.29 is 14.4 Å². The smallest absolute Gasteiger partial charge is 0.255 e. The van der Waals surface area contributed by atoms with E-state index in [-0.39, 0.29) is 29.7 Å². The number of piperidine rings is 2. The molecule has 0 aromatic heterocycles. The van der Waals surface area contributed by atoms with Gasteiger partial charge in [-0.15, -0.1) is 0 Å². The number of carbonyl (C=O) groups excluding carboxylic acids is 3. The van der Waals surface area contributed by atoms with E-state index in [1.54, 1.807) is 4.90 Å². The first-order chi connectivity index (χ1) is 14.8. The number of hydrogen-bond acceptors (Lipinski definition) is 5. The highest BCUT2D eigenvalue weighted by molar-refractivity contribution is 6.05. The monoisotopic (exact) mass is 426 g/mol. The van der Waals surface area contributed by atoms with Crippen molar-refractivity contribution in [3.8, 4) is 0 Å². The van der Waals surface area contributed by atoms with Crippen LogP contribution in [0.3, 0.4) is 0 Å². The first kappa shape index (κ1) is 22.0. The Morgan fingerprint density at radius 1 is 1.13 bits per heavy atom. The summed E-state index contributed by atoms with van der Waals surface area (Å²) < 4.78 is 0. The van der Waals surface area contributed by atoms with Gasteiger partial charge in [0.2, 0.25) is 11.8 Å². The Kier molecular flexibility index (Phi) is 6.44. The minimum absolute atomic E-state index is 0.0153. The fraction of sp³-hybridized carbons (Fsp3) is 0.625. The van der Waals surface area contributed by atoms with Crippen LogP contribution in [0.25, 0.3) is 0 Å². The molecular formula is C24H34N4O3. The zero-order chi connectivity index (χ0) is 22.0. The maximum Gasteiger partial charge on any atom is 0.255 e. The molecule has 3 aliphatic rings.